The molecule has 0 bridgehead atoms. The number of ether oxygens (including phenoxy) is 1. The average molecular weight is 275 g/mol. The van der Waals surface area contributed by atoms with Gasteiger partial charge in [-0.2, -0.15) is 0 Å². The summed E-state index contributed by atoms with van der Waals surface area (Å²) in [6.07, 6.45) is 5.42. The van der Waals surface area contributed by atoms with Crippen LogP contribution in [0.2, 0.25) is 5.02 Å². The van der Waals surface area contributed by atoms with E-state index >= 15 is 0 Å². The van der Waals surface area contributed by atoms with Crippen LogP contribution in [0, 0.1) is 0 Å². The lowest BCUT2D eigenvalue weighted by Crippen LogP contribution is -2.17. The highest BCUT2D eigenvalue weighted by molar-refractivity contribution is 6.31. The van der Waals surface area contributed by atoms with Crippen LogP contribution >= 0.6 is 11.6 Å². The lowest BCUT2D eigenvalue weighted by atomic mass is 9.95. The first-order chi connectivity index (χ1) is 9.27. The molecule has 2 N–H and O–H groups in total. The number of rotatable bonds is 2. The van der Waals surface area contributed by atoms with Crippen molar-refractivity contribution in [2.75, 3.05) is 6.61 Å². The quantitative estimate of drug-likeness (QED) is 0.915. The van der Waals surface area contributed by atoms with E-state index in [4.69, 9.17) is 22.1 Å². The van der Waals surface area contributed by atoms with Crippen LogP contribution in [-0.4, -0.2) is 11.6 Å². The van der Waals surface area contributed by atoms with E-state index in [0.717, 1.165) is 36.3 Å². The summed E-state index contributed by atoms with van der Waals surface area (Å²) < 4.78 is 5.80. The summed E-state index contributed by atoms with van der Waals surface area (Å²) in [5.74, 6) is 0.925. The lowest BCUT2D eigenvalue weighted by Gasteiger charge is -2.23. The van der Waals surface area contributed by atoms with E-state index in [0.29, 0.717) is 5.02 Å². The summed E-state index contributed by atoms with van der Waals surface area (Å²) in [6, 6.07) is 7.70. The van der Waals surface area contributed by atoms with Crippen molar-refractivity contribution >= 4 is 11.6 Å². The van der Waals surface area contributed by atoms with Crippen LogP contribution in [0.15, 0.2) is 36.7 Å². The third-order valence-corrected chi connectivity index (χ3v) is 3.75. The number of aryl methyl sites for hydroxylation is 1. The van der Waals surface area contributed by atoms with Gasteiger partial charge in [0.05, 0.1) is 17.7 Å². The molecule has 2 aromatic rings. The number of hydrogen-bond donors (Lipinski definition) is 1. The summed E-state index contributed by atoms with van der Waals surface area (Å²) in [5.41, 5.74) is 9.44. The van der Waals surface area contributed by atoms with Crippen LogP contribution in [0.1, 0.15) is 29.2 Å². The Balaban J connectivity index is 2.05. The van der Waals surface area contributed by atoms with Crippen LogP contribution in [0.4, 0.5) is 0 Å². The van der Waals surface area contributed by atoms with Crippen LogP contribution < -0.4 is 10.5 Å². The minimum atomic E-state index is -0.288. The van der Waals surface area contributed by atoms with Crippen LogP contribution in [0.3, 0.4) is 0 Å². The number of hydrogen-bond acceptors (Lipinski definition) is 3. The van der Waals surface area contributed by atoms with Gasteiger partial charge in [-0.25, -0.2) is 0 Å². The van der Waals surface area contributed by atoms with Gasteiger partial charge in [0.15, 0.2) is 0 Å². The number of pyridine rings is 1. The molecule has 0 saturated heterocycles. The molecule has 19 heavy (non-hydrogen) atoms. The average Bonchev–Trinajstić information content (AvgIpc) is 2.46. The zero-order valence-corrected chi connectivity index (χ0v) is 11.2. The van der Waals surface area contributed by atoms with Gasteiger partial charge in [0, 0.05) is 18.0 Å². The van der Waals surface area contributed by atoms with E-state index in [1.807, 2.05) is 18.2 Å². The number of para-hydroxylation sites is 1. The third kappa shape index (κ3) is 2.31. The lowest BCUT2D eigenvalue weighted by molar-refractivity contribution is 0.284. The monoisotopic (exact) mass is 274 g/mol. The molecule has 1 aliphatic rings. The highest BCUT2D eigenvalue weighted by Gasteiger charge is 2.21. The molecule has 0 spiro atoms. The van der Waals surface area contributed by atoms with Gasteiger partial charge in [0.25, 0.3) is 0 Å². The molecule has 3 rings (SSSR count). The zero-order chi connectivity index (χ0) is 13.2. The number of nitrogens with zero attached hydrogens (tertiary/aromatic N) is 1. The third-order valence-electron chi connectivity index (χ3n) is 3.44. The first kappa shape index (κ1) is 12.5. The summed E-state index contributed by atoms with van der Waals surface area (Å²) >= 11 is 6.17. The highest BCUT2D eigenvalue weighted by atomic mass is 35.5. The molecule has 2 heterocycles. The Labute approximate surface area is 117 Å². The van der Waals surface area contributed by atoms with Crippen LogP contribution in [0.25, 0.3) is 0 Å². The van der Waals surface area contributed by atoms with Crippen LogP contribution in [-0.2, 0) is 6.42 Å². The maximum Gasteiger partial charge on any atom is 0.127 e. The van der Waals surface area contributed by atoms with Crippen molar-refractivity contribution in [3.63, 3.8) is 0 Å². The maximum atomic E-state index is 6.35. The van der Waals surface area contributed by atoms with Crippen molar-refractivity contribution in [1.29, 1.82) is 0 Å². The predicted molar refractivity (Wildman–Crippen MR) is 75.5 cm³/mol. The fourth-order valence-electron chi connectivity index (χ4n) is 2.47. The zero-order valence-electron chi connectivity index (χ0n) is 10.5. The van der Waals surface area contributed by atoms with Gasteiger partial charge in [-0.05, 0) is 30.0 Å². The van der Waals surface area contributed by atoms with Gasteiger partial charge in [-0.1, -0.05) is 29.8 Å². The summed E-state index contributed by atoms with van der Waals surface area (Å²) in [7, 11) is 0. The second-order valence-electron chi connectivity index (χ2n) is 4.66. The molecule has 98 valence electrons. The van der Waals surface area contributed by atoms with Crippen molar-refractivity contribution in [2.45, 2.75) is 18.9 Å². The molecule has 0 radical (unpaired) electrons. The molecule has 1 unspecified atom stereocenters. The predicted octanol–water partition coefficient (Wildman–Crippen LogP) is 3.11. The molecule has 0 aliphatic carbocycles. The van der Waals surface area contributed by atoms with Gasteiger partial charge >= 0.3 is 0 Å². The number of fused-ring (bicyclic) bond motifs is 1. The Kier molecular flexibility index (Phi) is 3.40. The second kappa shape index (κ2) is 5.19. The molecule has 4 heteroatoms. The number of nitrogens with two attached hydrogens (primary N) is 1. The van der Waals surface area contributed by atoms with E-state index in [9.17, 15) is 0 Å². The molecular weight excluding hydrogens is 260 g/mol. The minimum Gasteiger partial charge on any atom is -0.493 e. The molecular formula is C15H15ClN2O. The van der Waals surface area contributed by atoms with Gasteiger partial charge in [-0.3, -0.25) is 4.98 Å². The van der Waals surface area contributed by atoms with E-state index in [1.54, 1.807) is 12.4 Å². The summed E-state index contributed by atoms with van der Waals surface area (Å²) in [5, 5.41) is 0.586. The van der Waals surface area contributed by atoms with Gasteiger partial charge < -0.3 is 10.5 Å². The standard InChI is InChI=1S/C15H15ClN2O/c16-13-9-18-7-6-11(13)14(17)12-5-1-3-10-4-2-8-19-15(10)12/h1,3,5-7,9,14H,2,4,8,17H2. The van der Waals surface area contributed by atoms with E-state index in [1.165, 1.54) is 5.56 Å². The van der Waals surface area contributed by atoms with Crippen LogP contribution in [0.5, 0.6) is 5.75 Å². The molecule has 1 aromatic carbocycles. The topological polar surface area (TPSA) is 48.1 Å². The molecule has 0 fully saturated rings. The fraction of sp³-hybridized carbons (Fsp3) is 0.267. The summed E-state index contributed by atoms with van der Waals surface area (Å²) in [6.45, 7) is 0.751. The van der Waals surface area contributed by atoms with Crippen molar-refractivity contribution in [2.24, 2.45) is 5.73 Å². The molecule has 1 aliphatic heterocycles. The Morgan fingerprint density at radius 1 is 1.26 bits per heavy atom. The molecule has 1 atom stereocenters. The van der Waals surface area contributed by atoms with Crippen molar-refractivity contribution in [3.05, 3.63) is 58.4 Å². The van der Waals surface area contributed by atoms with Crippen molar-refractivity contribution in [3.8, 4) is 5.75 Å². The smallest absolute Gasteiger partial charge is 0.127 e. The van der Waals surface area contributed by atoms with E-state index < -0.39 is 0 Å². The number of aromatic nitrogens is 1. The van der Waals surface area contributed by atoms with E-state index in [-0.39, 0.29) is 6.04 Å². The molecule has 0 amide bonds. The number of benzene rings is 1. The fourth-order valence-corrected chi connectivity index (χ4v) is 2.70. The maximum absolute atomic E-state index is 6.35. The first-order valence-electron chi connectivity index (χ1n) is 6.37. The summed E-state index contributed by atoms with van der Waals surface area (Å²) in [4.78, 5) is 3.99. The molecule has 3 nitrogen and oxygen atoms in total. The Hall–Kier alpha value is -1.58. The second-order valence-corrected chi connectivity index (χ2v) is 5.07. The minimum absolute atomic E-state index is 0.288. The Bertz CT molecular complexity index is 600. The van der Waals surface area contributed by atoms with Crippen molar-refractivity contribution < 1.29 is 4.74 Å². The number of halogens is 1. The Morgan fingerprint density at radius 2 is 2.16 bits per heavy atom. The normalized spacial score (nSPS) is 15.5. The molecule has 0 saturated carbocycles. The van der Waals surface area contributed by atoms with E-state index in [2.05, 4.69) is 11.1 Å². The largest absolute Gasteiger partial charge is 0.493 e. The Morgan fingerprint density at radius 3 is 3.00 bits per heavy atom. The molecule has 1 aromatic heterocycles. The van der Waals surface area contributed by atoms with Gasteiger partial charge in [0.1, 0.15) is 5.75 Å². The van der Waals surface area contributed by atoms with Gasteiger partial charge in [-0.15, -0.1) is 0 Å². The van der Waals surface area contributed by atoms with Gasteiger partial charge in [0.2, 0.25) is 0 Å². The first-order valence-corrected chi connectivity index (χ1v) is 6.75. The highest BCUT2D eigenvalue weighted by Crippen LogP contribution is 2.36. The SMILES string of the molecule is NC(c1ccncc1Cl)c1cccc2c1OCCC2. The van der Waals surface area contributed by atoms with Crippen molar-refractivity contribution in [1.82, 2.24) is 4.98 Å².